The van der Waals surface area contributed by atoms with Gasteiger partial charge in [0.15, 0.2) is 0 Å². The number of nitrogens with one attached hydrogen (secondary N) is 2. The fraction of sp³-hybridized carbons (Fsp3) is 0.333. The molecule has 1 atom stereocenters. The number of hydrogen-bond acceptors (Lipinski definition) is 5. The first kappa shape index (κ1) is 22.0. The Labute approximate surface area is 170 Å². The third kappa shape index (κ3) is 6.39. The molecule has 1 unspecified atom stereocenters. The molecule has 0 radical (unpaired) electrons. The molecule has 0 aromatic heterocycles. The Morgan fingerprint density at radius 1 is 1.10 bits per heavy atom. The van der Waals surface area contributed by atoms with Crippen molar-refractivity contribution in [3.63, 3.8) is 0 Å². The zero-order valence-electron chi connectivity index (χ0n) is 16.8. The van der Waals surface area contributed by atoms with Gasteiger partial charge in [0.05, 0.1) is 17.5 Å². The molecule has 0 aliphatic rings. The highest BCUT2D eigenvalue weighted by atomic mass is 16.6. The molecule has 8 nitrogen and oxygen atoms in total. The molecule has 0 bridgehead atoms. The Bertz CT molecular complexity index is 867. The predicted molar refractivity (Wildman–Crippen MR) is 113 cm³/mol. The molecule has 0 spiro atoms. The van der Waals surface area contributed by atoms with Crippen molar-refractivity contribution >= 4 is 28.9 Å². The van der Waals surface area contributed by atoms with Gasteiger partial charge in [-0.05, 0) is 50.6 Å². The molecule has 0 fully saturated rings. The van der Waals surface area contributed by atoms with Gasteiger partial charge >= 0.3 is 0 Å². The molecule has 2 N–H and O–H groups in total. The summed E-state index contributed by atoms with van der Waals surface area (Å²) in [6.45, 7) is 6.29. The summed E-state index contributed by atoms with van der Waals surface area (Å²) in [6.07, 6.45) is 0.785. The second kappa shape index (κ2) is 10.3. The standard InChI is InChI=1S/C21H26N4O4/c1-4-13-24(14-20(26)23-19-8-6-5-7-15(19)2)16(3)21(27)22-17-9-11-18(12-10-17)25(28)29/h5-12,16H,4,13-14H2,1-3H3,(H,22,27)(H,23,26). The van der Waals surface area contributed by atoms with E-state index in [2.05, 4.69) is 10.6 Å². The van der Waals surface area contributed by atoms with Crippen molar-refractivity contribution in [1.29, 1.82) is 0 Å². The van der Waals surface area contributed by atoms with Gasteiger partial charge in [-0.25, -0.2) is 0 Å². The van der Waals surface area contributed by atoms with Gasteiger partial charge < -0.3 is 10.6 Å². The monoisotopic (exact) mass is 398 g/mol. The van der Waals surface area contributed by atoms with E-state index in [0.717, 1.165) is 17.7 Å². The smallest absolute Gasteiger partial charge is 0.269 e. The van der Waals surface area contributed by atoms with Crippen LogP contribution in [0.4, 0.5) is 17.1 Å². The average Bonchev–Trinajstić information content (AvgIpc) is 2.69. The Morgan fingerprint density at radius 3 is 2.34 bits per heavy atom. The van der Waals surface area contributed by atoms with E-state index in [4.69, 9.17) is 0 Å². The van der Waals surface area contributed by atoms with Gasteiger partial charge in [0, 0.05) is 23.5 Å². The normalized spacial score (nSPS) is 11.7. The summed E-state index contributed by atoms with van der Waals surface area (Å²) in [7, 11) is 0. The highest BCUT2D eigenvalue weighted by Gasteiger charge is 2.23. The van der Waals surface area contributed by atoms with Crippen LogP contribution in [-0.4, -0.2) is 40.8 Å². The second-order valence-corrected chi connectivity index (χ2v) is 6.80. The number of benzene rings is 2. The van der Waals surface area contributed by atoms with Crippen molar-refractivity contribution < 1.29 is 14.5 Å². The number of nitrogens with zero attached hydrogens (tertiary/aromatic N) is 2. The summed E-state index contributed by atoms with van der Waals surface area (Å²) >= 11 is 0. The molecule has 154 valence electrons. The minimum Gasteiger partial charge on any atom is -0.325 e. The van der Waals surface area contributed by atoms with E-state index < -0.39 is 11.0 Å². The van der Waals surface area contributed by atoms with Crippen molar-refractivity contribution in [2.45, 2.75) is 33.2 Å². The molecular weight excluding hydrogens is 372 g/mol. The summed E-state index contributed by atoms with van der Waals surface area (Å²) in [5.41, 5.74) is 2.13. The number of nitro groups is 1. The van der Waals surface area contributed by atoms with Crippen molar-refractivity contribution in [1.82, 2.24) is 4.90 Å². The molecule has 29 heavy (non-hydrogen) atoms. The van der Waals surface area contributed by atoms with Crippen LogP contribution >= 0.6 is 0 Å². The SMILES string of the molecule is CCCN(CC(=O)Nc1ccccc1C)C(C)C(=O)Nc1ccc([N+](=O)[O-])cc1. The van der Waals surface area contributed by atoms with Crippen LogP contribution in [0.2, 0.25) is 0 Å². The fourth-order valence-corrected chi connectivity index (χ4v) is 2.86. The van der Waals surface area contributed by atoms with E-state index >= 15 is 0 Å². The molecule has 8 heteroatoms. The summed E-state index contributed by atoms with van der Waals surface area (Å²) in [5, 5.41) is 16.4. The highest BCUT2D eigenvalue weighted by molar-refractivity contribution is 5.96. The summed E-state index contributed by atoms with van der Waals surface area (Å²) in [6, 6.07) is 12.6. The van der Waals surface area contributed by atoms with Gasteiger partial charge in [0.1, 0.15) is 0 Å². The molecular formula is C21H26N4O4. The number of carbonyl (C=O) groups is 2. The van der Waals surface area contributed by atoms with Crippen molar-refractivity contribution in [3.8, 4) is 0 Å². The summed E-state index contributed by atoms with van der Waals surface area (Å²) in [4.78, 5) is 37.1. The molecule has 0 saturated heterocycles. The van der Waals surface area contributed by atoms with Crippen LogP contribution < -0.4 is 10.6 Å². The second-order valence-electron chi connectivity index (χ2n) is 6.80. The van der Waals surface area contributed by atoms with E-state index in [1.807, 2.05) is 38.1 Å². The van der Waals surface area contributed by atoms with Gasteiger partial charge in [-0.3, -0.25) is 24.6 Å². The van der Waals surface area contributed by atoms with Gasteiger partial charge in [-0.2, -0.15) is 0 Å². The number of hydrogen-bond donors (Lipinski definition) is 2. The third-order valence-corrected chi connectivity index (χ3v) is 4.55. The predicted octanol–water partition coefficient (Wildman–Crippen LogP) is 3.58. The topological polar surface area (TPSA) is 105 Å². The van der Waals surface area contributed by atoms with Crippen LogP contribution in [0.1, 0.15) is 25.8 Å². The average molecular weight is 398 g/mol. The van der Waals surface area contributed by atoms with Crippen LogP contribution in [0.3, 0.4) is 0 Å². The van der Waals surface area contributed by atoms with Gasteiger partial charge in [0.25, 0.3) is 5.69 Å². The number of non-ortho nitro benzene ring substituents is 1. The minimum atomic E-state index is -0.548. The Balaban J connectivity index is 2.00. The molecule has 2 amide bonds. The van der Waals surface area contributed by atoms with Gasteiger partial charge in [-0.15, -0.1) is 0 Å². The van der Waals surface area contributed by atoms with Crippen LogP contribution in [0.15, 0.2) is 48.5 Å². The van der Waals surface area contributed by atoms with Crippen molar-refractivity contribution in [2.75, 3.05) is 23.7 Å². The zero-order valence-corrected chi connectivity index (χ0v) is 16.8. The van der Waals surface area contributed by atoms with E-state index in [-0.39, 0.29) is 24.0 Å². The number of rotatable bonds is 9. The zero-order chi connectivity index (χ0) is 21.4. The summed E-state index contributed by atoms with van der Waals surface area (Å²) < 4.78 is 0. The fourth-order valence-electron chi connectivity index (χ4n) is 2.86. The van der Waals surface area contributed by atoms with Crippen molar-refractivity contribution in [2.24, 2.45) is 0 Å². The number of amides is 2. The number of anilines is 2. The van der Waals surface area contributed by atoms with Crippen LogP contribution in [-0.2, 0) is 9.59 Å². The first-order valence-electron chi connectivity index (χ1n) is 9.46. The maximum Gasteiger partial charge on any atom is 0.269 e. The molecule has 0 aliphatic carbocycles. The molecule has 2 rings (SSSR count). The van der Waals surface area contributed by atoms with Crippen LogP contribution in [0, 0.1) is 17.0 Å². The Morgan fingerprint density at radius 2 is 1.76 bits per heavy atom. The lowest BCUT2D eigenvalue weighted by molar-refractivity contribution is -0.384. The van der Waals surface area contributed by atoms with Gasteiger partial charge in [-0.1, -0.05) is 25.1 Å². The first-order valence-corrected chi connectivity index (χ1v) is 9.46. The lowest BCUT2D eigenvalue weighted by atomic mass is 10.2. The number of nitro benzene ring substituents is 1. The summed E-state index contributed by atoms with van der Waals surface area (Å²) in [5.74, 6) is -0.473. The maximum atomic E-state index is 12.6. The van der Waals surface area contributed by atoms with E-state index in [1.54, 1.807) is 11.8 Å². The van der Waals surface area contributed by atoms with E-state index in [9.17, 15) is 19.7 Å². The highest BCUT2D eigenvalue weighted by Crippen LogP contribution is 2.17. The number of aryl methyl sites for hydroxylation is 1. The van der Waals surface area contributed by atoms with E-state index in [1.165, 1.54) is 24.3 Å². The molecule has 0 aliphatic heterocycles. The number of carbonyl (C=O) groups excluding carboxylic acids is 2. The molecule has 2 aromatic rings. The number of para-hydroxylation sites is 1. The molecule has 0 saturated carbocycles. The van der Waals surface area contributed by atoms with Gasteiger partial charge in [0.2, 0.25) is 11.8 Å². The first-order chi connectivity index (χ1) is 13.8. The third-order valence-electron chi connectivity index (χ3n) is 4.55. The quantitative estimate of drug-likeness (QED) is 0.496. The van der Waals surface area contributed by atoms with Crippen molar-refractivity contribution in [3.05, 3.63) is 64.2 Å². The molecule has 2 aromatic carbocycles. The minimum absolute atomic E-state index is 0.0449. The van der Waals surface area contributed by atoms with E-state index in [0.29, 0.717) is 12.2 Å². The van der Waals surface area contributed by atoms with Crippen LogP contribution in [0.25, 0.3) is 0 Å². The lowest BCUT2D eigenvalue weighted by Crippen LogP contribution is -2.46. The Hall–Kier alpha value is -3.26. The maximum absolute atomic E-state index is 12.6. The van der Waals surface area contributed by atoms with Crippen LogP contribution in [0.5, 0.6) is 0 Å². The molecule has 0 heterocycles. The largest absolute Gasteiger partial charge is 0.325 e. The lowest BCUT2D eigenvalue weighted by Gasteiger charge is -2.27. The Kier molecular flexibility index (Phi) is 7.85.